The summed E-state index contributed by atoms with van der Waals surface area (Å²) in [7, 11) is 0. The third-order valence-electron chi connectivity index (χ3n) is 5.04. The number of unbranched alkanes of at least 4 members (excludes halogenated alkanes) is 6. The van der Waals surface area contributed by atoms with Crippen LogP contribution in [0, 0.1) is 11.8 Å². The monoisotopic (exact) mass is 415 g/mol. The van der Waals surface area contributed by atoms with Crippen LogP contribution in [0.3, 0.4) is 0 Å². The maximum Gasteiger partial charge on any atom is 0.416 e. The molecule has 0 spiro atoms. The number of hydrogen-bond donors (Lipinski definition) is 1. The van der Waals surface area contributed by atoms with Crippen molar-refractivity contribution in [1.29, 1.82) is 0 Å². The van der Waals surface area contributed by atoms with Gasteiger partial charge in [0.15, 0.2) is 0 Å². The largest absolute Gasteiger partial charge is 0.416 e. The van der Waals surface area contributed by atoms with E-state index in [-0.39, 0.29) is 0 Å². The van der Waals surface area contributed by atoms with E-state index in [0.29, 0.717) is 13.0 Å². The lowest BCUT2D eigenvalue weighted by Gasteiger charge is -2.08. The second-order valence-corrected chi connectivity index (χ2v) is 7.64. The second-order valence-electron chi connectivity index (χ2n) is 7.64. The number of rotatable bonds is 11. The zero-order chi connectivity index (χ0) is 21.7. The van der Waals surface area contributed by atoms with Crippen molar-refractivity contribution in [2.45, 2.75) is 71.0 Å². The Kier molecular flexibility index (Phi) is 10.5. The number of nitrogens with one attached hydrogen (secondary N) is 1. The van der Waals surface area contributed by atoms with E-state index in [1.54, 1.807) is 12.1 Å². The highest BCUT2D eigenvalue weighted by atomic mass is 19.4. The van der Waals surface area contributed by atoms with Gasteiger partial charge in [-0.3, -0.25) is 0 Å². The number of alkyl halides is 3. The molecule has 162 valence electrons. The van der Waals surface area contributed by atoms with Crippen molar-refractivity contribution >= 4 is 0 Å². The van der Waals surface area contributed by atoms with Gasteiger partial charge in [0, 0.05) is 18.5 Å². The van der Waals surface area contributed by atoms with Gasteiger partial charge in [-0.1, -0.05) is 75.1 Å². The minimum Gasteiger partial charge on any atom is -0.312 e. The average molecular weight is 416 g/mol. The first-order chi connectivity index (χ1) is 14.5. The van der Waals surface area contributed by atoms with Gasteiger partial charge in [-0.2, -0.15) is 13.2 Å². The van der Waals surface area contributed by atoms with Crippen molar-refractivity contribution in [1.82, 2.24) is 5.32 Å². The first-order valence-corrected chi connectivity index (χ1v) is 10.9. The molecular formula is C26H32F3N. The zero-order valence-electron chi connectivity index (χ0n) is 17.8. The summed E-state index contributed by atoms with van der Waals surface area (Å²) in [5.41, 5.74) is 2.50. The summed E-state index contributed by atoms with van der Waals surface area (Å²) in [6, 6.07) is 13.6. The molecule has 0 aliphatic carbocycles. The van der Waals surface area contributed by atoms with E-state index in [0.717, 1.165) is 36.2 Å². The molecule has 0 unspecified atom stereocenters. The minimum atomic E-state index is -4.28. The molecule has 1 nitrogen and oxygen atoms in total. The summed E-state index contributed by atoms with van der Waals surface area (Å²) in [6.07, 6.45) is 5.09. The molecule has 0 bridgehead atoms. The van der Waals surface area contributed by atoms with Crippen molar-refractivity contribution in [2.24, 2.45) is 0 Å². The smallest absolute Gasteiger partial charge is 0.312 e. The van der Waals surface area contributed by atoms with Gasteiger partial charge in [0.05, 0.1) is 5.56 Å². The lowest BCUT2D eigenvalue weighted by Crippen LogP contribution is -2.16. The van der Waals surface area contributed by atoms with Crippen LogP contribution >= 0.6 is 0 Å². The van der Waals surface area contributed by atoms with Gasteiger partial charge in [-0.05, 0) is 54.8 Å². The van der Waals surface area contributed by atoms with Gasteiger partial charge in [-0.15, -0.1) is 0 Å². The molecule has 0 radical (unpaired) electrons. The lowest BCUT2D eigenvalue weighted by atomic mass is 10.1. The fraction of sp³-hybridized carbons (Fsp3) is 0.462. The van der Waals surface area contributed by atoms with Gasteiger partial charge in [-0.25, -0.2) is 0 Å². The van der Waals surface area contributed by atoms with E-state index in [2.05, 4.69) is 36.2 Å². The Balaban J connectivity index is 1.63. The summed E-state index contributed by atoms with van der Waals surface area (Å²) >= 11 is 0. The van der Waals surface area contributed by atoms with Gasteiger partial charge >= 0.3 is 6.18 Å². The quantitative estimate of drug-likeness (QED) is 0.304. The molecule has 2 aromatic rings. The van der Waals surface area contributed by atoms with Crippen molar-refractivity contribution in [3.8, 4) is 11.8 Å². The highest BCUT2D eigenvalue weighted by Crippen LogP contribution is 2.29. The van der Waals surface area contributed by atoms with E-state index in [1.165, 1.54) is 44.1 Å². The molecule has 0 heterocycles. The number of benzene rings is 2. The van der Waals surface area contributed by atoms with Crippen LogP contribution in [-0.2, 0) is 19.1 Å². The van der Waals surface area contributed by atoms with Gasteiger partial charge in [0.1, 0.15) is 0 Å². The summed E-state index contributed by atoms with van der Waals surface area (Å²) in [6.45, 7) is 3.67. The predicted molar refractivity (Wildman–Crippen MR) is 118 cm³/mol. The summed E-state index contributed by atoms with van der Waals surface area (Å²) in [5.74, 6) is 6.49. The fourth-order valence-electron chi connectivity index (χ4n) is 3.19. The molecule has 30 heavy (non-hydrogen) atoms. The van der Waals surface area contributed by atoms with Crippen LogP contribution in [0.4, 0.5) is 13.2 Å². The molecule has 0 atom stereocenters. The Morgan fingerprint density at radius 3 is 2.10 bits per heavy atom. The van der Waals surface area contributed by atoms with Gasteiger partial charge in [0.2, 0.25) is 0 Å². The Bertz CT molecular complexity index is 780. The third-order valence-corrected chi connectivity index (χ3v) is 5.04. The molecule has 0 saturated carbocycles. The molecule has 0 fully saturated rings. The lowest BCUT2D eigenvalue weighted by molar-refractivity contribution is -0.137. The Morgan fingerprint density at radius 1 is 0.800 bits per heavy atom. The van der Waals surface area contributed by atoms with Crippen molar-refractivity contribution < 1.29 is 13.2 Å². The first-order valence-electron chi connectivity index (χ1n) is 10.9. The van der Waals surface area contributed by atoms with E-state index in [9.17, 15) is 13.2 Å². The highest BCUT2D eigenvalue weighted by molar-refractivity contribution is 5.36. The van der Waals surface area contributed by atoms with E-state index in [4.69, 9.17) is 0 Å². The fourth-order valence-corrected chi connectivity index (χ4v) is 3.19. The van der Waals surface area contributed by atoms with Crippen LogP contribution in [0.15, 0.2) is 48.5 Å². The van der Waals surface area contributed by atoms with Gasteiger partial charge < -0.3 is 5.32 Å². The van der Waals surface area contributed by atoms with Crippen LogP contribution in [0.25, 0.3) is 0 Å². The molecule has 1 N–H and O–H groups in total. The maximum absolute atomic E-state index is 12.6. The van der Waals surface area contributed by atoms with Crippen molar-refractivity contribution in [2.75, 3.05) is 6.54 Å². The number of hydrogen-bond acceptors (Lipinski definition) is 1. The Morgan fingerprint density at radius 2 is 1.43 bits per heavy atom. The van der Waals surface area contributed by atoms with E-state index in [1.807, 2.05) is 12.1 Å². The zero-order valence-corrected chi connectivity index (χ0v) is 17.8. The molecular weight excluding hydrogens is 383 g/mol. The summed E-state index contributed by atoms with van der Waals surface area (Å²) < 4.78 is 37.7. The second kappa shape index (κ2) is 13.1. The van der Waals surface area contributed by atoms with Gasteiger partial charge in [0.25, 0.3) is 0 Å². The molecule has 0 amide bonds. The van der Waals surface area contributed by atoms with Crippen molar-refractivity contribution in [3.05, 3.63) is 70.8 Å². The Labute approximate surface area is 179 Å². The standard InChI is InChI=1S/C26H32F3N/c1-2-3-4-5-6-7-8-9-10-22-11-13-24(14-12-22)21-30-20-19-23-15-17-25(18-16-23)26(27,28)29/h11-18,30H,2-8,19-21H2,1H3. The molecule has 2 rings (SSSR count). The van der Waals surface area contributed by atoms with Crippen molar-refractivity contribution in [3.63, 3.8) is 0 Å². The third kappa shape index (κ3) is 9.50. The molecule has 0 aliphatic heterocycles. The van der Waals surface area contributed by atoms with Crippen LogP contribution in [0.1, 0.15) is 74.1 Å². The summed E-state index contributed by atoms with van der Waals surface area (Å²) in [4.78, 5) is 0. The first kappa shape index (κ1) is 24.0. The van der Waals surface area contributed by atoms with Crippen LogP contribution in [0.5, 0.6) is 0 Å². The maximum atomic E-state index is 12.6. The predicted octanol–water partition coefficient (Wildman–Crippen LogP) is 7.14. The highest BCUT2D eigenvalue weighted by Gasteiger charge is 2.29. The Hall–Kier alpha value is -2.25. The average Bonchev–Trinajstić information content (AvgIpc) is 2.74. The molecule has 0 saturated heterocycles. The summed E-state index contributed by atoms with van der Waals surface area (Å²) in [5, 5.41) is 3.34. The SMILES string of the molecule is CCCCCCCCC#Cc1ccc(CNCCc2ccc(C(F)(F)F)cc2)cc1. The van der Waals surface area contributed by atoms with E-state index >= 15 is 0 Å². The van der Waals surface area contributed by atoms with Crippen LogP contribution in [-0.4, -0.2) is 6.54 Å². The van der Waals surface area contributed by atoms with E-state index < -0.39 is 11.7 Å². The number of halogens is 3. The minimum absolute atomic E-state index is 0.602. The normalized spacial score (nSPS) is 11.2. The van der Waals surface area contributed by atoms with Crippen LogP contribution < -0.4 is 5.32 Å². The molecule has 0 aromatic heterocycles. The molecule has 2 aromatic carbocycles. The topological polar surface area (TPSA) is 12.0 Å². The molecule has 0 aliphatic rings. The molecule has 4 heteroatoms. The van der Waals surface area contributed by atoms with Crippen LogP contribution in [0.2, 0.25) is 0 Å².